The molecule has 1 saturated heterocycles. The number of hydrogen-bond acceptors (Lipinski definition) is 5. The Hall–Kier alpha value is -4.10. The summed E-state index contributed by atoms with van der Waals surface area (Å²) in [6.45, 7) is 3.66. The average molecular weight is 512 g/mol. The molecule has 1 aliphatic rings. The van der Waals surface area contributed by atoms with Crippen molar-refractivity contribution in [3.8, 4) is 23.1 Å². The summed E-state index contributed by atoms with van der Waals surface area (Å²) in [5.74, 6) is 1.87. The van der Waals surface area contributed by atoms with E-state index >= 15 is 0 Å². The van der Waals surface area contributed by atoms with Gasteiger partial charge in [0.25, 0.3) is 5.91 Å². The summed E-state index contributed by atoms with van der Waals surface area (Å²) >= 11 is 0. The van der Waals surface area contributed by atoms with E-state index in [9.17, 15) is 4.79 Å². The monoisotopic (exact) mass is 511 g/mol. The summed E-state index contributed by atoms with van der Waals surface area (Å²) in [5, 5.41) is 4.95. The van der Waals surface area contributed by atoms with Gasteiger partial charge in [-0.15, -0.1) is 0 Å². The zero-order chi connectivity index (χ0) is 26.3. The molecule has 1 fully saturated rings. The molecule has 1 amide bonds. The minimum Gasteiger partial charge on any atom is -0.497 e. The Kier molecular flexibility index (Phi) is 8.04. The predicted molar refractivity (Wildman–Crippen MR) is 146 cm³/mol. The summed E-state index contributed by atoms with van der Waals surface area (Å²) < 4.78 is 19.7. The van der Waals surface area contributed by atoms with E-state index in [1.165, 1.54) is 0 Å². The highest BCUT2D eigenvalue weighted by Crippen LogP contribution is 2.34. The zero-order valence-corrected chi connectivity index (χ0v) is 21.9. The Morgan fingerprint density at radius 3 is 2.45 bits per heavy atom. The molecule has 1 unspecified atom stereocenters. The van der Waals surface area contributed by atoms with Crippen molar-refractivity contribution >= 4 is 5.91 Å². The number of benzene rings is 3. The quantitative estimate of drug-likeness (QED) is 0.259. The molecule has 0 saturated carbocycles. The standard InChI is InChI=1S/C31H33N3O4/c1-3-29-28(22-33(21-27-18-11-19-37-27)30(35)23-12-6-4-7-13-23)31(34(32-29)24-14-8-5-9-15-24)38-26-17-10-16-25(20-26)36-2/h4-10,12-17,20,27H,3,11,18-19,21-22H2,1-2H3. The molecule has 7 nitrogen and oxygen atoms in total. The second kappa shape index (κ2) is 12.0. The smallest absolute Gasteiger partial charge is 0.254 e. The first-order valence-corrected chi connectivity index (χ1v) is 13.1. The lowest BCUT2D eigenvalue weighted by atomic mass is 10.1. The summed E-state index contributed by atoms with van der Waals surface area (Å²) in [4.78, 5) is 15.6. The van der Waals surface area contributed by atoms with Gasteiger partial charge in [-0.3, -0.25) is 4.79 Å². The highest BCUT2D eigenvalue weighted by atomic mass is 16.5. The molecule has 0 aliphatic carbocycles. The number of methoxy groups -OCH3 is 1. The van der Waals surface area contributed by atoms with Crippen LogP contribution >= 0.6 is 0 Å². The molecule has 7 heteroatoms. The molecule has 4 aromatic rings. The predicted octanol–water partition coefficient (Wildman–Crippen LogP) is 6.06. The van der Waals surface area contributed by atoms with Crippen LogP contribution in [0.2, 0.25) is 0 Å². The lowest BCUT2D eigenvalue weighted by molar-refractivity contribution is 0.0505. The third-order valence-electron chi connectivity index (χ3n) is 6.72. The Labute approximate surface area is 223 Å². The summed E-state index contributed by atoms with van der Waals surface area (Å²) in [6, 6.07) is 26.8. The van der Waals surface area contributed by atoms with Crippen LogP contribution in [0.3, 0.4) is 0 Å². The van der Waals surface area contributed by atoms with E-state index < -0.39 is 0 Å². The van der Waals surface area contributed by atoms with Crippen molar-refractivity contribution in [2.75, 3.05) is 20.3 Å². The van der Waals surface area contributed by atoms with E-state index in [-0.39, 0.29) is 12.0 Å². The number of rotatable bonds is 10. The molecule has 0 N–H and O–H groups in total. The highest BCUT2D eigenvalue weighted by molar-refractivity contribution is 5.94. The molecule has 0 spiro atoms. The van der Waals surface area contributed by atoms with Crippen LogP contribution in [0.1, 0.15) is 41.4 Å². The maximum Gasteiger partial charge on any atom is 0.254 e. The van der Waals surface area contributed by atoms with Gasteiger partial charge in [0.05, 0.1) is 36.7 Å². The topological polar surface area (TPSA) is 65.8 Å². The first kappa shape index (κ1) is 25.5. The van der Waals surface area contributed by atoms with Crippen molar-refractivity contribution in [2.24, 2.45) is 0 Å². The molecule has 1 aromatic heterocycles. The number of para-hydroxylation sites is 1. The van der Waals surface area contributed by atoms with Crippen LogP contribution in [0.5, 0.6) is 17.4 Å². The maximum absolute atomic E-state index is 13.8. The largest absolute Gasteiger partial charge is 0.497 e. The van der Waals surface area contributed by atoms with Gasteiger partial charge in [-0.2, -0.15) is 5.10 Å². The molecule has 196 valence electrons. The maximum atomic E-state index is 13.8. The van der Waals surface area contributed by atoms with Crippen LogP contribution < -0.4 is 9.47 Å². The summed E-state index contributed by atoms with van der Waals surface area (Å²) in [5.41, 5.74) is 3.28. The number of nitrogens with zero attached hydrogens (tertiary/aromatic N) is 3. The van der Waals surface area contributed by atoms with Gasteiger partial charge in [-0.25, -0.2) is 4.68 Å². The van der Waals surface area contributed by atoms with E-state index in [2.05, 4.69) is 6.92 Å². The number of carbonyl (C=O) groups excluding carboxylic acids is 1. The minimum absolute atomic E-state index is 0.0136. The summed E-state index contributed by atoms with van der Waals surface area (Å²) in [6.07, 6.45) is 2.65. The first-order chi connectivity index (χ1) is 18.7. The third-order valence-corrected chi connectivity index (χ3v) is 6.72. The van der Waals surface area contributed by atoms with Crippen LogP contribution in [0.25, 0.3) is 5.69 Å². The second-order valence-corrected chi connectivity index (χ2v) is 9.30. The number of hydrogen-bond donors (Lipinski definition) is 0. The molecule has 38 heavy (non-hydrogen) atoms. The van der Waals surface area contributed by atoms with Gasteiger partial charge in [-0.05, 0) is 55.7 Å². The second-order valence-electron chi connectivity index (χ2n) is 9.30. The molecule has 3 aromatic carbocycles. The number of carbonyl (C=O) groups is 1. The number of aryl methyl sites for hydroxylation is 1. The van der Waals surface area contributed by atoms with Crippen molar-refractivity contribution in [1.82, 2.24) is 14.7 Å². The molecule has 1 atom stereocenters. The van der Waals surface area contributed by atoms with Crippen LogP contribution in [0, 0.1) is 0 Å². The normalized spacial score (nSPS) is 14.8. The fourth-order valence-corrected chi connectivity index (χ4v) is 4.75. The fraction of sp³-hybridized carbons (Fsp3) is 0.290. The molecule has 2 heterocycles. The SMILES string of the molecule is CCc1nn(-c2ccccc2)c(Oc2cccc(OC)c2)c1CN(CC1CCCO1)C(=O)c1ccccc1. The first-order valence-electron chi connectivity index (χ1n) is 13.1. The fourth-order valence-electron chi connectivity index (χ4n) is 4.75. The molecular weight excluding hydrogens is 478 g/mol. The molecule has 5 rings (SSSR count). The zero-order valence-electron chi connectivity index (χ0n) is 21.9. The van der Waals surface area contributed by atoms with Crippen molar-refractivity contribution in [3.63, 3.8) is 0 Å². The lowest BCUT2D eigenvalue weighted by Crippen LogP contribution is -2.37. The van der Waals surface area contributed by atoms with Gasteiger partial charge in [0.2, 0.25) is 5.88 Å². The van der Waals surface area contributed by atoms with Gasteiger partial charge >= 0.3 is 0 Å². The Balaban J connectivity index is 1.57. The molecular formula is C31H33N3O4. The molecule has 0 radical (unpaired) electrons. The van der Waals surface area contributed by atoms with Crippen molar-refractivity contribution in [3.05, 3.63) is 102 Å². The number of aromatic nitrogens is 2. The average Bonchev–Trinajstić information content (AvgIpc) is 3.61. The van der Waals surface area contributed by atoms with Crippen LogP contribution in [-0.4, -0.2) is 47.0 Å². The van der Waals surface area contributed by atoms with E-state index in [4.69, 9.17) is 19.3 Å². The van der Waals surface area contributed by atoms with E-state index in [0.717, 1.165) is 36.4 Å². The van der Waals surface area contributed by atoms with Gasteiger partial charge < -0.3 is 19.1 Å². The van der Waals surface area contributed by atoms with E-state index in [1.54, 1.807) is 7.11 Å². The van der Waals surface area contributed by atoms with Crippen molar-refractivity contribution < 1.29 is 19.0 Å². The number of ether oxygens (including phenoxy) is 3. The minimum atomic E-state index is -0.0389. The van der Waals surface area contributed by atoms with Gasteiger partial charge in [0.1, 0.15) is 11.5 Å². The lowest BCUT2D eigenvalue weighted by Gasteiger charge is -2.26. The van der Waals surface area contributed by atoms with Gasteiger partial charge in [0.15, 0.2) is 0 Å². The summed E-state index contributed by atoms with van der Waals surface area (Å²) in [7, 11) is 1.63. The number of amides is 1. The van der Waals surface area contributed by atoms with Crippen molar-refractivity contribution in [2.45, 2.75) is 38.8 Å². The third kappa shape index (κ3) is 5.73. The van der Waals surface area contributed by atoms with E-state index in [1.807, 2.05) is 94.5 Å². The van der Waals surface area contributed by atoms with E-state index in [0.29, 0.717) is 42.5 Å². The Bertz CT molecular complexity index is 1350. The molecule has 0 bridgehead atoms. The van der Waals surface area contributed by atoms with Gasteiger partial charge in [0, 0.05) is 24.8 Å². The van der Waals surface area contributed by atoms with Gasteiger partial charge in [-0.1, -0.05) is 49.4 Å². The Morgan fingerprint density at radius 2 is 1.76 bits per heavy atom. The highest BCUT2D eigenvalue weighted by Gasteiger charge is 2.28. The van der Waals surface area contributed by atoms with Crippen LogP contribution in [0.15, 0.2) is 84.9 Å². The van der Waals surface area contributed by atoms with Crippen LogP contribution in [0.4, 0.5) is 0 Å². The Morgan fingerprint density at radius 1 is 1.03 bits per heavy atom. The van der Waals surface area contributed by atoms with Crippen molar-refractivity contribution in [1.29, 1.82) is 0 Å². The molecule has 1 aliphatic heterocycles. The van der Waals surface area contributed by atoms with Crippen LogP contribution in [-0.2, 0) is 17.7 Å².